The molecule has 0 amide bonds. The summed E-state index contributed by atoms with van der Waals surface area (Å²) in [6.45, 7) is 5.34. The Labute approximate surface area is 95.7 Å². The number of Topliss-reactive ketones (excluding diaryl/α,β-unsaturated/α-hetero) is 1. The van der Waals surface area contributed by atoms with Crippen molar-refractivity contribution in [1.82, 2.24) is 0 Å². The number of carbonyl (C=O) groups is 1. The highest BCUT2D eigenvalue weighted by Crippen LogP contribution is 2.18. The van der Waals surface area contributed by atoms with Crippen molar-refractivity contribution in [3.05, 3.63) is 35.1 Å². The van der Waals surface area contributed by atoms with Crippen LogP contribution < -0.4 is 5.73 Å². The standard InChI is InChI=1S/C13H18FNO/c1-4-7-13(3,15)12(16)10-5-6-11(14)9(2)8-10/h5-6,8H,4,7,15H2,1-3H3. The summed E-state index contributed by atoms with van der Waals surface area (Å²) in [6.07, 6.45) is 1.47. The van der Waals surface area contributed by atoms with E-state index in [-0.39, 0.29) is 11.6 Å². The maximum absolute atomic E-state index is 13.1. The third kappa shape index (κ3) is 2.67. The van der Waals surface area contributed by atoms with E-state index in [1.165, 1.54) is 12.1 Å². The van der Waals surface area contributed by atoms with Gasteiger partial charge in [-0.25, -0.2) is 4.39 Å². The van der Waals surface area contributed by atoms with Crippen LogP contribution in [0.1, 0.15) is 42.6 Å². The van der Waals surface area contributed by atoms with Crippen LogP contribution in [0, 0.1) is 12.7 Å². The zero-order valence-electron chi connectivity index (χ0n) is 10.0. The van der Waals surface area contributed by atoms with Crippen molar-refractivity contribution in [3.8, 4) is 0 Å². The smallest absolute Gasteiger partial charge is 0.182 e. The fourth-order valence-electron chi connectivity index (χ4n) is 1.75. The first kappa shape index (κ1) is 12.8. The van der Waals surface area contributed by atoms with Gasteiger partial charge >= 0.3 is 0 Å². The van der Waals surface area contributed by atoms with Gasteiger partial charge in [-0.15, -0.1) is 0 Å². The van der Waals surface area contributed by atoms with Crippen LogP contribution >= 0.6 is 0 Å². The fraction of sp³-hybridized carbons (Fsp3) is 0.462. The Hall–Kier alpha value is -1.22. The molecule has 0 aliphatic heterocycles. The molecule has 2 nitrogen and oxygen atoms in total. The first-order valence-corrected chi connectivity index (χ1v) is 5.48. The molecule has 1 rings (SSSR count). The molecule has 0 saturated carbocycles. The SMILES string of the molecule is CCCC(C)(N)C(=O)c1ccc(F)c(C)c1. The highest BCUT2D eigenvalue weighted by molar-refractivity contribution is 6.02. The van der Waals surface area contributed by atoms with Gasteiger partial charge in [0.2, 0.25) is 0 Å². The summed E-state index contributed by atoms with van der Waals surface area (Å²) in [7, 11) is 0. The van der Waals surface area contributed by atoms with Crippen molar-refractivity contribution in [2.75, 3.05) is 0 Å². The van der Waals surface area contributed by atoms with Crippen LogP contribution in [0.5, 0.6) is 0 Å². The van der Waals surface area contributed by atoms with Crippen LogP contribution in [0.3, 0.4) is 0 Å². The Morgan fingerprint density at radius 1 is 1.50 bits per heavy atom. The van der Waals surface area contributed by atoms with Gasteiger partial charge in [0.05, 0.1) is 5.54 Å². The van der Waals surface area contributed by atoms with Crippen LogP contribution in [0.2, 0.25) is 0 Å². The van der Waals surface area contributed by atoms with E-state index < -0.39 is 5.54 Å². The van der Waals surface area contributed by atoms with Crippen molar-refractivity contribution in [2.24, 2.45) is 5.73 Å². The lowest BCUT2D eigenvalue weighted by molar-refractivity contribution is 0.0893. The number of benzene rings is 1. The average molecular weight is 223 g/mol. The highest BCUT2D eigenvalue weighted by Gasteiger charge is 2.28. The third-order valence-electron chi connectivity index (χ3n) is 2.71. The molecule has 0 aromatic heterocycles. The molecule has 1 unspecified atom stereocenters. The minimum atomic E-state index is -0.862. The minimum Gasteiger partial charge on any atom is -0.319 e. The number of ketones is 1. The van der Waals surface area contributed by atoms with E-state index in [2.05, 4.69) is 0 Å². The van der Waals surface area contributed by atoms with Gasteiger partial charge in [-0.2, -0.15) is 0 Å². The van der Waals surface area contributed by atoms with Crippen molar-refractivity contribution >= 4 is 5.78 Å². The normalized spacial score (nSPS) is 14.6. The molecule has 0 heterocycles. The molecule has 0 bridgehead atoms. The van der Waals surface area contributed by atoms with Crippen LogP contribution in [-0.4, -0.2) is 11.3 Å². The molecule has 0 spiro atoms. The van der Waals surface area contributed by atoms with Crippen molar-refractivity contribution in [1.29, 1.82) is 0 Å². The second kappa shape index (κ2) is 4.74. The van der Waals surface area contributed by atoms with Gasteiger partial charge in [0, 0.05) is 5.56 Å². The number of hydrogen-bond donors (Lipinski definition) is 1. The second-order valence-electron chi connectivity index (χ2n) is 4.46. The summed E-state index contributed by atoms with van der Waals surface area (Å²) in [5.41, 5.74) is 6.04. The van der Waals surface area contributed by atoms with Crippen molar-refractivity contribution < 1.29 is 9.18 Å². The van der Waals surface area contributed by atoms with E-state index in [1.807, 2.05) is 6.92 Å². The highest BCUT2D eigenvalue weighted by atomic mass is 19.1. The van der Waals surface area contributed by atoms with Gasteiger partial charge in [-0.05, 0) is 44.0 Å². The number of carbonyl (C=O) groups excluding carboxylic acids is 1. The van der Waals surface area contributed by atoms with Gasteiger partial charge in [0.15, 0.2) is 5.78 Å². The van der Waals surface area contributed by atoms with Crippen molar-refractivity contribution in [3.63, 3.8) is 0 Å². The maximum atomic E-state index is 13.1. The average Bonchev–Trinajstić information content (AvgIpc) is 2.21. The summed E-state index contributed by atoms with van der Waals surface area (Å²) in [4.78, 5) is 12.1. The summed E-state index contributed by atoms with van der Waals surface area (Å²) in [5.74, 6) is -0.428. The molecule has 0 aliphatic carbocycles. The molecule has 1 aromatic carbocycles. The van der Waals surface area contributed by atoms with Gasteiger partial charge < -0.3 is 5.73 Å². The predicted molar refractivity (Wildman–Crippen MR) is 63.0 cm³/mol. The lowest BCUT2D eigenvalue weighted by Gasteiger charge is -2.22. The number of hydrogen-bond acceptors (Lipinski definition) is 2. The maximum Gasteiger partial charge on any atom is 0.182 e. The van der Waals surface area contributed by atoms with Gasteiger partial charge in [0.25, 0.3) is 0 Å². The fourth-order valence-corrected chi connectivity index (χ4v) is 1.75. The molecule has 16 heavy (non-hydrogen) atoms. The Balaban J connectivity index is 3.01. The Morgan fingerprint density at radius 3 is 2.62 bits per heavy atom. The number of aryl methyl sites for hydroxylation is 1. The van der Waals surface area contributed by atoms with Crippen LogP contribution in [0.4, 0.5) is 4.39 Å². The Kier molecular flexibility index (Phi) is 3.81. The lowest BCUT2D eigenvalue weighted by atomic mass is 9.87. The summed E-state index contributed by atoms with van der Waals surface area (Å²) in [5, 5.41) is 0. The van der Waals surface area contributed by atoms with Crippen molar-refractivity contribution in [2.45, 2.75) is 39.2 Å². The van der Waals surface area contributed by atoms with Crippen LogP contribution in [0.15, 0.2) is 18.2 Å². The van der Waals surface area contributed by atoms with E-state index in [0.717, 1.165) is 6.42 Å². The lowest BCUT2D eigenvalue weighted by Crippen LogP contribution is -2.44. The second-order valence-corrected chi connectivity index (χ2v) is 4.46. The van der Waals surface area contributed by atoms with Gasteiger partial charge in [0.1, 0.15) is 5.82 Å². The third-order valence-corrected chi connectivity index (χ3v) is 2.71. The largest absolute Gasteiger partial charge is 0.319 e. The molecule has 1 atom stereocenters. The molecular formula is C13H18FNO. The molecule has 0 saturated heterocycles. The molecule has 3 heteroatoms. The van der Waals surface area contributed by atoms with E-state index in [1.54, 1.807) is 19.9 Å². The molecule has 0 fully saturated rings. The first-order chi connectivity index (χ1) is 7.38. The number of nitrogens with two attached hydrogens (primary N) is 1. The van der Waals surface area contributed by atoms with E-state index in [0.29, 0.717) is 17.5 Å². The molecule has 0 radical (unpaired) electrons. The number of halogens is 1. The van der Waals surface area contributed by atoms with Gasteiger partial charge in [-0.1, -0.05) is 13.3 Å². The topological polar surface area (TPSA) is 43.1 Å². The van der Waals surface area contributed by atoms with E-state index >= 15 is 0 Å². The zero-order valence-corrected chi connectivity index (χ0v) is 10.0. The Bertz CT molecular complexity index is 399. The van der Waals surface area contributed by atoms with E-state index in [4.69, 9.17) is 5.73 Å². The molecule has 1 aromatic rings. The van der Waals surface area contributed by atoms with Crippen LogP contribution in [0.25, 0.3) is 0 Å². The molecular weight excluding hydrogens is 205 g/mol. The molecule has 2 N–H and O–H groups in total. The van der Waals surface area contributed by atoms with E-state index in [9.17, 15) is 9.18 Å². The summed E-state index contributed by atoms with van der Waals surface area (Å²) < 4.78 is 13.1. The molecule has 88 valence electrons. The predicted octanol–water partition coefficient (Wildman–Crippen LogP) is 2.83. The Morgan fingerprint density at radius 2 is 2.12 bits per heavy atom. The quantitative estimate of drug-likeness (QED) is 0.797. The monoisotopic (exact) mass is 223 g/mol. The van der Waals surface area contributed by atoms with Crippen LogP contribution in [-0.2, 0) is 0 Å². The first-order valence-electron chi connectivity index (χ1n) is 5.48. The minimum absolute atomic E-state index is 0.127. The molecule has 0 aliphatic rings. The number of rotatable bonds is 4. The summed E-state index contributed by atoms with van der Waals surface area (Å²) in [6, 6.07) is 4.36. The van der Waals surface area contributed by atoms with Gasteiger partial charge in [-0.3, -0.25) is 4.79 Å². The zero-order chi connectivity index (χ0) is 12.3. The summed E-state index contributed by atoms with van der Waals surface area (Å²) >= 11 is 0.